The summed E-state index contributed by atoms with van der Waals surface area (Å²) in [5.41, 5.74) is -0.414. The van der Waals surface area contributed by atoms with E-state index < -0.39 is 17.7 Å². The monoisotopic (exact) mass is 310 g/mol. The highest BCUT2D eigenvalue weighted by Gasteiger charge is 2.32. The summed E-state index contributed by atoms with van der Waals surface area (Å²) in [5.74, 6) is -0.211. The van der Waals surface area contributed by atoms with Gasteiger partial charge in [-0.1, -0.05) is 12.1 Å². The molecule has 1 rings (SSSR count). The zero-order valence-corrected chi connectivity index (χ0v) is 13.3. The van der Waals surface area contributed by atoms with E-state index in [0.717, 1.165) is 0 Å². The van der Waals surface area contributed by atoms with Crippen molar-refractivity contribution in [3.05, 3.63) is 29.8 Å². The van der Waals surface area contributed by atoms with Gasteiger partial charge in [0.1, 0.15) is 30.7 Å². The quantitative estimate of drug-likeness (QED) is 0.613. The minimum absolute atomic E-state index is 0.180. The van der Waals surface area contributed by atoms with Crippen LogP contribution in [-0.2, 0) is 19.1 Å². The summed E-state index contributed by atoms with van der Waals surface area (Å²) in [6, 6.07) is 6.76. The van der Waals surface area contributed by atoms with Gasteiger partial charge in [-0.05, 0) is 31.5 Å². The molecular weight excluding hydrogens is 288 g/mol. The van der Waals surface area contributed by atoms with Crippen LogP contribution in [-0.4, -0.2) is 35.9 Å². The molecule has 1 N–H and O–H groups in total. The topological polar surface area (TPSA) is 82.1 Å². The molecular formula is C16H22O6. The summed E-state index contributed by atoms with van der Waals surface area (Å²) in [6.07, 6.45) is -0.952. The van der Waals surface area contributed by atoms with E-state index in [2.05, 4.69) is 0 Å². The van der Waals surface area contributed by atoms with Crippen molar-refractivity contribution >= 4 is 11.9 Å². The molecule has 0 saturated heterocycles. The fourth-order valence-electron chi connectivity index (χ4n) is 1.92. The molecule has 0 fully saturated rings. The van der Waals surface area contributed by atoms with E-state index in [1.54, 1.807) is 38.1 Å². The lowest BCUT2D eigenvalue weighted by Gasteiger charge is -2.30. The maximum atomic E-state index is 11.1. The van der Waals surface area contributed by atoms with Crippen molar-refractivity contribution in [1.82, 2.24) is 0 Å². The van der Waals surface area contributed by atoms with Crippen molar-refractivity contribution in [2.75, 3.05) is 13.2 Å². The predicted octanol–water partition coefficient (Wildman–Crippen LogP) is 2.00. The van der Waals surface area contributed by atoms with Crippen LogP contribution in [0.15, 0.2) is 24.3 Å². The number of benzene rings is 1. The first kappa shape index (κ1) is 18.0. The van der Waals surface area contributed by atoms with Crippen LogP contribution < -0.4 is 4.74 Å². The van der Waals surface area contributed by atoms with Gasteiger partial charge in [0, 0.05) is 13.8 Å². The molecule has 122 valence electrons. The number of carbonyl (C=O) groups is 2. The Balaban J connectivity index is 2.60. The van der Waals surface area contributed by atoms with Crippen molar-refractivity contribution in [3.8, 4) is 5.75 Å². The van der Waals surface area contributed by atoms with Crippen molar-refractivity contribution in [2.45, 2.75) is 39.4 Å². The van der Waals surface area contributed by atoms with Crippen LogP contribution >= 0.6 is 0 Å². The van der Waals surface area contributed by atoms with Crippen LogP contribution in [0.25, 0.3) is 0 Å². The van der Waals surface area contributed by atoms with E-state index in [0.29, 0.717) is 11.3 Å². The molecule has 1 unspecified atom stereocenters. The van der Waals surface area contributed by atoms with Gasteiger partial charge in [-0.2, -0.15) is 0 Å². The number of hydrogen-bond donors (Lipinski definition) is 1. The highest BCUT2D eigenvalue weighted by molar-refractivity contribution is 5.66. The number of aliphatic hydroxyl groups excluding tert-OH is 1. The fraction of sp³-hybridized carbons (Fsp3) is 0.500. The molecule has 0 saturated carbocycles. The molecule has 1 atom stereocenters. The Hall–Kier alpha value is -2.08. The second-order valence-corrected chi connectivity index (χ2v) is 5.36. The molecule has 0 aromatic heterocycles. The SMILES string of the molecule is CC(=O)OCCOc1ccc(C(O)C(C)(C)OC(C)=O)cc1. The Labute approximate surface area is 130 Å². The van der Waals surface area contributed by atoms with Gasteiger partial charge in [0.2, 0.25) is 0 Å². The molecule has 1 aromatic carbocycles. The summed E-state index contributed by atoms with van der Waals surface area (Å²) >= 11 is 0. The van der Waals surface area contributed by atoms with Crippen molar-refractivity contribution in [2.24, 2.45) is 0 Å². The highest BCUT2D eigenvalue weighted by atomic mass is 16.6. The summed E-state index contributed by atoms with van der Waals surface area (Å²) in [6.45, 7) is 6.35. The zero-order valence-electron chi connectivity index (χ0n) is 13.3. The highest BCUT2D eigenvalue weighted by Crippen LogP contribution is 2.30. The first-order valence-corrected chi connectivity index (χ1v) is 6.96. The molecule has 0 aliphatic heterocycles. The standard InChI is InChI=1S/C16H22O6/c1-11(17)20-9-10-21-14-7-5-13(6-8-14)15(19)16(3,4)22-12(2)18/h5-8,15,19H,9-10H2,1-4H3. The van der Waals surface area contributed by atoms with Crippen LogP contribution in [0.3, 0.4) is 0 Å². The lowest BCUT2D eigenvalue weighted by atomic mass is 9.94. The largest absolute Gasteiger partial charge is 0.490 e. The number of aliphatic hydroxyl groups is 1. The van der Waals surface area contributed by atoms with Crippen molar-refractivity contribution in [1.29, 1.82) is 0 Å². The van der Waals surface area contributed by atoms with E-state index in [1.165, 1.54) is 13.8 Å². The van der Waals surface area contributed by atoms with Crippen LogP contribution in [0.4, 0.5) is 0 Å². The Bertz CT molecular complexity index is 506. The van der Waals surface area contributed by atoms with Crippen LogP contribution in [0.5, 0.6) is 5.75 Å². The Kier molecular flexibility index (Phi) is 6.37. The second-order valence-electron chi connectivity index (χ2n) is 5.36. The lowest BCUT2D eigenvalue weighted by Crippen LogP contribution is -2.34. The summed E-state index contributed by atoms with van der Waals surface area (Å²) in [4.78, 5) is 21.7. The molecule has 0 aliphatic rings. The summed E-state index contributed by atoms with van der Waals surface area (Å²) in [5, 5.41) is 10.3. The zero-order chi connectivity index (χ0) is 16.8. The molecule has 22 heavy (non-hydrogen) atoms. The van der Waals surface area contributed by atoms with E-state index in [4.69, 9.17) is 14.2 Å². The van der Waals surface area contributed by atoms with E-state index >= 15 is 0 Å². The predicted molar refractivity (Wildman–Crippen MR) is 79.4 cm³/mol. The minimum atomic E-state index is -1.02. The Morgan fingerprint density at radius 1 is 1.09 bits per heavy atom. The molecule has 0 radical (unpaired) electrons. The molecule has 6 heteroatoms. The lowest BCUT2D eigenvalue weighted by molar-refractivity contribution is -0.165. The van der Waals surface area contributed by atoms with Gasteiger partial charge >= 0.3 is 11.9 Å². The van der Waals surface area contributed by atoms with Crippen molar-refractivity contribution in [3.63, 3.8) is 0 Å². The Morgan fingerprint density at radius 3 is 2.18 bits per heavy atom. The van der Waals surface area contributed by atoms with Crippen LogP contribution in [0.1, 0.15) is 39.4 Å². The third kappa shape index (κ3) is 5.73. The molecule has 0 amide bonds. The third-order valence-electron chi connectivity index (χ3n) is 2.92. The smallest absolute Gasteiger partial charge is 0.303 e. The first-order valence-electron chi connectivity index (χ1n) is 6.96. The Morgan fingerprint density at radius 2 is 1.68 bits per heavy atom. The van der Waals surface area contributed by atoms with Gasteiger partial charge in [-0.25, -0.2) is 0 Å². The average molecular weight is 310 g/mol. The number of ether oxygens (including phenoxy) is 3. The van der Waals surface area contributed by atoms with Gasteiger partial charge in [0.25, 0.3) is 0 Å². The number of rotatable bonds is 7. The van der Waals surface area contributed by atoms with E-state index in [-0.39, 0.29) is 19.2 Å². The first-order chi connectivity index (χ1) is 10.2. The molecule has 0 spiro atoms. The normalized spacial score (nSPS) is 12.4. The number of carbonyl (C=O) groups excluding carboxylic acids is 2. The number of esters is 2. The van der Waals surface area contributed by atoms with Gasteiger partial charge < -0.3 is 19.3 Å². The molecule has 6 nitrogen and oxygen atoms in total. The molecule has 0 heterocycles. The fourth-order valence-corrected chi connectivity index (χ4v) is 1.92. The molecule has 0 bridgehead atoms. The second kappa shape index (κ2) is 7.79. The maximum Gasteiger partial charge on any atom is 0.303 e. The molecule has 0 aliphatic carbocycles. The van der Waals surface area contributed by atoms with Crippen LogP contribution in [0.2, 0.25) is 0 Å². The summed E-state index contributed by atoms with van der Waals surface area (Å²) < 4.78 is 15.3. The van der Waals surface area contributed by atoms with Gasteiger partial charge in [-0.3, -0.25) is 9.59 Å². The maximum absolute atomic E-state index is 11.1. The van der Waals surface area contributed by atoms with Crippen molar-refractivity contribution < 1.29 is 28.9 Å². The molecule has 1 aromatic rings. The number of hydrogen-bond acceptors (Lipinski definition) is 6. The van der Waals surface area contributed by atoms with E-state index in [1.807, 2.05) is 0 Å². The van der Waals surface area contributed by atoms with Gasteiger partial charge in [0.05, 0.1) is 0 Å². The minimum Gasteiger partial charge on any atom is -0.490 e. The average Bonchev–Trinajstić information content (AvgIpc) is 2.42. The van der Waals surface area contributed by atoms with E-state index in [9.17, 15) is 14.7 Å². The van der Waals surface area contributed by atoms with Crippen LogP contribution in [0, 0.1) is 0 Å². The third-order valence-corrected chi connectivity index (χ3v) is 2.92. The summed E-state index contributed by atoms with van der Waals surface area (Å²) in [7, 11) is 0. The van der Waals surface area contributed by atoms with Gasteiger partial charge in [0.15, 0.2) is 0 Å². The van der Waals surface area contributed by atoms with Gasteiger partial charge in [-0.15, -0.1) is 0 Å².